The molecule has 0 aliphatic heterocycles. The molecule has 0 unspecified atom stereocenters. The number of hydrogen-bond donors (Lipinski definition) is 1. The summed E-state index contributed by atoms with van der Waals surface area (Å²) in [5, 5.41) is 1.64. The van der Waals surface area contributed by atoms with E-state index in [0.29, 0.717) is 17.5 Å². The third kappa shape index (κ3) is 8.00. The molecule has 0 bridgehead atoms. The van der Waals surface area contributed by atoms with Gasteiger partial charge in [0.15, 0.2) is 0 Å². The molecule has 2 N–H and O–H groups in total. The summed E-state index contributed by atoms with van der Waals surface area (Å²) < 4.78 is 14.7. The normalized spacial score (nSPS) is 16.5. The number of hydrogen-bond acceptors (Lipinski definition) is 3. The van der Waals surface area contributed by atoms with Crippen LogP contribution in [0.4, 0.5) is 5.69 Å². The van der Waals surface area contributed by atoms with Gasteiger partial charge in [-0.15, -0.1) is 12.4 Å². The Morgan fingerprint density at radius 3 is 1.60 bits per heavy atom. The second-order valence-corrected chi connectivity index (χ2v) is 23.6. The standard InChI is InChI=1S/C30H43O2P.C12H10N.ClH.Pd/c1-22(2)31-27-19-13-20-28(32-23(3)4)30(27)26-18-11-12-21-29(26)33(24-14-7-5-8-15-24)25-16-9-6-10-17-25;13-12-9-5-4-8-11(12)10-6-2-1-3-7-10;;/h11-13,18-25H,5-10,14-17H2,1-4H3;1-6,8-9H,13H2;1H;/q;;;-1/p+1. The molecular formula is C42H55ClNO2PPd. The van der Waals surface area contributed by atoms with Crippen LogP contribution in [0, 0.1) is 0 Å². The average molecular weight is 779 g/mol. The van der Waals surface area contributed by atoms with E-state index in [0.717, 1.165) is 34.1 Å². The van der Waals surface area contributed by atoms with Crippen molar-refractivity contribution < 1.29 is 27.0 Å². The molecule has 0 saturated heterocycles. The minimum atomic E-state index is -2.25. The van der Waals surface area contributed by atoms with Crippen molar-refractivity contribution in [3.05, 3.63) is 91.0 Å². The Hall–Kier alpha value is -2.34. The maximum absolute atomic E-state index is 6.68. The van der Waals surface area contributed by atoms with E-state index < -0.39 is 5.45 Å². The van der Waals surface area contributed by atoms with Gasteiger partial charge in [-0.2, -0.15) is 0 Å². The number of halogens is 1. The van der Waals surface area contributed by atoms with E-state index in [-0.39, 0.29) is 24.6 Å². The first-order valence-corrected chi connectivity index (χ1v) is 23.1. The van der Waals surface area contributed by atoms with Crippen molar-refractivity contribution in [2.24, 2.45) is 0 Å². The Bertz CT molecular complexity index is 1580. The Morgan fingerprint density at radius 2 is 1.06 bits per heavy atom. The van der Waals surface area contributed by atoms with Gasteiger partial charge in [0.05, 0.1) is 0 Å². The molecule has 2 aliphatic carbocycles. The van der Waals surface area contributed by atoms with Crippen LogP contribution in [0.3, 0.4) is 0 Å². The molecule has 4 aromatic carbocycles. The zero-order valence-corrected chi connectivity index (χ0v) is 32.5. The molecule has 0 heterocycles. The van der Waals surface area contributed by atoms with E-state index in [1.807, 2.05) is 0 Å². The van der Waals surface area contributed by atoms with E-state index in [1.54, 1.807) is 5.30 Å². The first-order chi connectivity index (χ1) is 22.9. The molecule has 0 aromatic heterocycles. The fraction of sp³-hybridized carbons (Fsp3) is 0.429. The van der Waals surface area contributed by atoms with Gasteiger partial charge in [0.2, 0.25) is 0 Å². The van der Waals surface area contributed by atoms with Crippen LogP contribution >= 0.6 is 17.9 Å². The Morgan fingerprint density at radius 1 is 0.583 bits per heavy atom. The van der Waals surface area contributed by atoms with Crippen LogP contribution in [0.2, 0.25) is 0 Å². The van der Waals surface area contributed by atoms with Crippen LogP contribution in [-0.2, 0) is 17.5 Å². The predicted octanol–water partition coefficient (Wildman–Crippen LogP) is 11.0. The SMILES string of the molecule is CC(C)Oc1cccc(OC(C)C)c1-c1ccccc1[PH]([Pd][c]1ccccc1-c1ccccc1N)(C1CCCCC1)C1CCCCC1.Cl. The van der Waals surface area contributed by atoms with Crippen LogP contribution in [0.25, 0.3) is 22.3 Å². The summed E-state index contributed by atoms with van der Waals surface area (Å²) in [7, 11) is 0. The van der Waals surface area contributed by atoms with Gasteiger partial charge in [-0.1, -0.05) is 0 Å². The van der Waals surface area contributed by atoms with Crippen LogP contribution in [0.1, 0.15) is 91.9 Å². The molecule has 2 fully saturated rings. The number of benzene rings is 4. The minimum absolute atomic E-state index is 0. The van der Waals surface area contributed by atoms with Crippen molar-refractivity contribution in [2.75, 3.05) is 5.73 Å². The fourth-order valence-corrected chi connectivity index (χ4v) is 23.6. The van der Waals surface area contributed by atoms with E-state index in [9.17, 15) is 0 Å². The largest absolute Gasteiger partial charge is 0.147 e. The van der Waals surface area contributed by atoms with Crippen LogP contribution in [0.15, 0.2) is 91.0 Å². The van der Waals surface area contributed by atoms with Gasteiger partial charge >= 0.3 is 293 Å². The van der Waals surface area contributed by atoms with Crippen molar-refractivity contribution in [1.82, 2.24) is 0 Å². The van der Waals surface area contributed by atoms with Crippen molar-refractivity contribution in [2.45, 2.75) is 115 Å². The molecule has 6 heteroatoms. The zero-order chi connectivity index (χ0) is 32.8. The zero-order valence-electron chi connectivity index (χ0n) is 29.2. The van der Waals surface area contributed by atoms with E-state index >= 15 is 0 Å². The van der Waals surface area contributed by atoms with Crippen LogP contribution in [0.5, 0.6) is 11.5 Å². The second kappa shape index (κ2) is 17.1. The third-order valence-electron chi connectivity index (χ3n) is 9.97. The van der Waals surface area contributed by atoms with Gasteiger partial charge in [-0.25, -0.2) is 0 Å². The Kier molecular flexibility index (Phi) is 13.1. The molecular weight excluding hydrogens is 723 g/mol. The maximum atomic E-state index is 6.68. The number of nitrogens with two attached hydrogens (primary N) is 1. The molecule has 0 radical (unpaired) electrons. The summed E-state index contributed by atoms with van der Waals surface area (Å²) in [5.41, 5.74) is 11.8. The molecule has 4 aromatic rings. The molecule has 262 valence electrons. The van der Waals surface area contributed by atoms with Gasteiger partial charge in [-0.05, 0) is 0 Å². The van der Waals surface area contributed by atoms with Crippen molar-refractivity contribution in [3.63, 3.8) is 0 Å². The van der Waals surface area contributed by atoms with Gasteiger partial charge in [-0.3, -0.25) is 0 Å². The summed E-state index contributed by atoms with van der Waals surface area (Å²) in [6, 6.07) is 33.6. The van der Waals surface area contributed by atoms with E-state index in [1.165, 1.54) is 84.9 Å². The number of ether oxygens (including phenoxy) is 2. The van der Waals surface area contributed by atoms with Crippen molar-refractivity contribution in [3.8, 4) is 33.8 Å². The molecule has 0 spiro atoms. The predicted molar refractivity (Wildman–Crippen MR) is 208 cm³/mol. The monoisotopic (exact) mass is 777 g/mol. The Balaban J connectivity index is 0.00000451. The van der Waals surface area contributed by atoms with Gasteiger partial charge < -0.3 is 0 Å². The van der Waals surface area contributed by atoms with Gasteiger partial charge in [0.1, 0.15) is 0 Å². The van der Waals surface area contributed by atoms with Crippen LogP contribution < -0.4 is 24.5 Å². The van der Waals surface area contributed by atoms with E-state index in [4.69, 9.17) is 15.2 Å². The second-order valence-electron chi connectivity index (χ2n) is 14.0. The Labute approximate surface area is 304 Å². The molecule has 0 atom stereocenters. The fourth-order valence-electron chi connectivity index (χ4n) is 8.07. The quantitative estimate of drug-likeness (QED) is 0.0937. The molecule has 6 rings (SSSR count). The number of rotatable bonds is 11. The molecule has 2 saturated carbocycles. The minimum Gasteiger partial charge on any atom is -0.147 e. The smallest absolute Gasteiger partial charge is 0.147 e. The molecule has 48 heavy (non-hydrogen) atoms. The van der Waals surface area contributed by atoms with Gasteiger partial charge in [0, 0.05) is 0 Å². The summed E-state index contributed by atoms with van der Waals surface area (Å²) in [6.07, 6.45) is 13.7. The molecule has 3 nitrogen and oxygen atoms in total. The number of para-hydroxylation sites is 1. The van der Waals surface area contributed by atoms with E-state index in [2.05, 4.69) is 119 Å². The van der Waals surface area contributed by atoms with Gasteiger partial charge in [0.25, 0.3) is 0 Å². The molecule has 2 aliphatic rings. The number of nitrogen functional groups attached to an aromatic ring is 1. The summed E-state index contributed by atoms with van der Waals surface area (Å²) in [5.74, 6) is 1.87. The average Bonchev–Trinajstić information content (AvgIpc) is 3.08. The number of anilines is 1. The summed E-state index contributed by atoms with van der Waals surface area (Å²) in [6.45, 7) is 8.51. The summed E-state index contributed by atoms with van der Waals surface area (Å²) >= 11 is 0.449. The first-order valence-electron chi connectivity index (χ1n) is 18.0. The van der Waals surface area contributed by atoms with Crippen molar-refractivity contribution >= 4 is 32.9 Å². The molecule has 0 amide bonds. The topological polar surface area (TPSA) is 44.5 Å². The maximum Gasteiger partial charge on any atom is -0.147 e. The summed E-state index contributed by atoms with van der Waals surface area (Å²) in [4.78, 5) is 0. The van der Waals surface area contributed by atoms with Crippen LogP contribution in [-0.4, -0.2) is 23.5 Å². The van der Waals surface area contributed by atoms with Crippen molar-refractivity contribution in [1.29, 1.82) is 0 Å². The third-order valence-corrected chi connectivity index (χ3v) is 24.0. The first kappa shape index (κ1) is 36.9.